The van der Waals surface area contributed by atoms with Gasteiger partial charge in [0.2, 0.25) is 5.91 Å². The Kier molecular flexibility index (Phi) is 6.18. The van der Waals surface area contributed by atoms with Gasteiger partial charge in [-0.1, -0.05) is 36.4 Å². The van der Waals surface area contributed by atoms with Crippen LogP contribution in [0, 0.1) is 6.92 Å². The van der Waals surface area contributed by atoms with Crippen molar-refractivity contribution < 1.29 is 9.53 Å². The van der Waals surface area contributed by atoms with Gasteiger partial charge in [-0.2, -0.15) is 0 Å². The van der Waals surface area contributed by atoms with E-state index in [1.165, 1.54) is 0 Å². The van der Waals surface area contributed by atoms with E-state index in [2.05, 4.69) is 5.32 Å². The number of hydrogen-bond acceptors (Lipinski definition) is 3. The van der Waals surface area contributed by atoms with E-state index in [1.54, 1.807) is 0 Å². The number of carbonyl (C=O) groups excluding carboxylic acids is 1. The van der Waals surface area contributed by atoms with E-state index < -0.39 is 0 Å². The Morgan fingerprint density at radius 2 is 1.78 bits per heavy atom. The van der Waals surface area contributed by atoms with E-state index in [-0.39, 0.29) is 11.9 Å². The maximum Gasteiger partial charge on any atom is 0.241 e. The van der Waals surface area contributed by atoms with Gasteiger partial charge in [0.25, 0.3) is 0 Å². The number of ether oxygens (including phenoxy) is 1. The van der Waals surface area contributed by atoms with Crippen LogP contribution in [0.2, 0.25) is 0 Å². The van der Waals surface area contributed by atoms with Gasteiger partial charge in [-0.3, -0.25) is 9.69 Å². The van der Waals surface area contributed by atoms with Crippen molar-refractivity contribution in [3.8, 4) is 5.75 Å². The third-order valence-corrected chi connectivity index (χ3v) is 3.90. The van der Waals surface area contributed by atoms with Gasteiger partial charge >= 0.3 is 0 Å². The fraction of sp³-hybridized carbons (Fsp3) is 0.316. The van der Waals surface area contributed by atoms with Gasteiger partial charge in [0.15, 0.2) is 0 Å². The fourth-order valence-electron chi connectivity index (χ4n) is 2.17. The van der Waals surface area contributed by atoms with Crippen LogP contribution in [0.5, 0.6) is 5.75 Å². The lowest BCUT2D eigenvalue weighted by Crippen LogP contribution is -2.41. The average Bonchev–Trinajstić information content (AvgIpc) is 2.57. The van der Waals surface area contributed by atoms with E-state index in [9.17, 15) is 4.79 Å². The molecule has 0 spiro atoms. The number of rotatable bonds is 7. The Labute approximate surface area is 138 Å². The normalized spacial score (nSPS) is 12.0. The maximum atomic E-state index is 12.3. The number of carbonyl (C=O) groups is 1. The highest BCUT2D eigenvalue weighted by molar-refractivity contribution is 5.95. The summed E-state index contributed by atoms with van der Waals surface area (Å²) in [5.41, 5.74) is 1.92. The summed E-state index contributed by atoms with van der Waals surface area (Å²) in [4.78, 5) is 14.3. The molecule has 4 heteroatoms. The molecule has 2 aromatic rings. The molecule has 0 fully saturated rings. The number of aryl methyl sites for hydroxylation is 1. The number of anilines is 1. The molecule has 1 N–H and O–H groups in total. The first kappa shape index (κ1) is 17.0. The zero-order valence-corrected chi connectivity index (χ0v) is 14.0. The molecule has 0 heterocycles. The first-order valence-electron chi connectivity index (χ1n) is 7.82. The number of amides is 1. The molecule has 0 radical (unpaired) electrons. The Bertz CT molecular complexity index is 628. The van der Waals surface area contributed by atoms with Crippen molar-refractivity contribution >= 4 is 11.6 Å². The monoisotopic (exact) mass is 312 g/mol. The van der Waals surface area contributed by atoms with Crippen LogP contribution >= 0.6 is 0 Å². The Morgan fingerprint density at radius 3 is 2.48 bits per heavy atom. The molecule has 0 saturated heterocycles. The molecule has 2 aromatic carbocycles. The Morgan fingerprint density at radius 1 is 1.13 bits per heavy atom. The molecule has 4 nitrogen and oxygen atoms in total. The summed E-state index contributed by atoms with van der Waals surface area (Å²) in [6.07, 6.45) is 0. The molecule has 1 unspecified atom stereocenters. The summed E-state index contributed by atoms with van der Waals surface area (Å²) in [5.74, 6) is 0.833. The van der Waals surface area contributed by atoms with Gasteiger partial charge in [0.1, 0.15) is 12.4 Å². The molecule has 0 aliphatic carbocycles. The number of benzene rings is 2. The summed E-state index contributed by atoms with van der Waals surface area (Å²) in [7, 11) is 1.93. The molecule has 1 amide bonds. The third-order valence-electron chi connectivity index (χ3n) is 3.90. The van der Waals surface area contributed by atoms with Crippen molar-refractivity contribution in [2.75, 3.05) is 25.5 Å². The summed E-state index contributed by atoms with van der Waals surface area (Å²) < 4.78 is 5.67. The van der Waals surface area contributed by atoms with Crippen molar-refractivity contribution in [1.29, 1.82) is 0 Å². The van der Waals surface area contributed by atoms with E-state index in [0.29, 0.717) is 13.2 Å². The molecule has 0 bridgehead atoms. The predicted octanol–water partition coefficient (Wildman–Crippen LogP) is 3.33. The SMILES string of the molecule is Cc1ccccc1NC(=O)C(C)N(C)CCOc1ccccc1. The Hall–Kier alpha value is -2.33. The third kappa shape index (κ3) is 5.11. The molecule has 122 valence electrons. The minimum atomic E-state index is -0.228. The molecule has 0 saturated carbocycles. The van der Waals surface area contributed by atoms with Gasteiger partial charge < -0.3 is 10.1 Å². The van der Waals surface area contributed by atoms with Crippen LogP contribution in [0.1, 0.15) is 12.5 Å². The van der Waals surface area contributed by atoms with Crippen LogP contribution in [-0.4, -0.2) is 37.0 Å². The second-order valence-corrected chi connectivity index (χ2v) is 5.62. The van der Waals surface area contributed by atoms with Crippen LogP contribution in [0.3, 0.4) is 0 Å². The second-order valence-electron chi connectivity index (χ2n) is 5.62. The second kappa shape index (κ2) is 8.34. The molecule has 23 heavy (non-hydrogen) atoms. The lowest BCUT2D eigenvalue weighted by molar-refractivity contribution is -0.120. The van der Waals surface area contributed by atoms with Crippen LogP contribution in [0.25, 0.3) is 0 Å². The standard InChI is InChI=1S/C19H24N2O2/c1-15-9-7-8-12-18(15)20-19(22)16(2)21(3)13-14-23-17-10-5-4-6-11-17/h4-12,16H,13-14H2,1-3H3,(H,20,22). The maximum absolute atomic E-state index is 12.3. The van der Waals surface area contributed by atoms with Crippen molar-refractivity contribution in [2.24, 2.45) is 0 Å². The minimum absolute atomic E-state index is 0.0125. The number of hydrogen-bond donors (Lipinski definition) is 1. The molecular formula is C19H24N2O2. The molecule has 2 rings (SSSR count). The van der Waals surface area contributed by atoms with Crippen molar-refractivity contribution in [3.05, 3.63) is 60.2 Å². The predicted molar refractivity (Wildman–Crippen MR) is 93.8 cm³/mol. The smallest absolute Gasteiger partial charge is 0.241 e. The lowest BCUT2D eigenvalue weighted by atomic mass is 10.2. The number of para-hydroxylation sites is 2. The highest BCUT2D eigenvalue weighted by Gasteiger charge is 2.18. The first-order valence-corrected chi connectivity index (χ1v) is 7.82. The Balaban J connectivity index is 1.80. The molecular weight excluding hydrogens is 288 g/mol. The molecule has 0 aliphatic heterocycles. The minimum Gasteiger partial charge on any atom is -0.492 e. The van der Waals surface area contributed by atoms with Gasteiger partial charge in [-0.15, -0.1) is 0 Å². The van der Waals surface area contributed by atoms with Gasteiger partial charge in [0.05, 0.1) is 6.04 Å². The van der Waals surface area contributed by atoms with Gasteiger partial charge in [-0.25, -0.2) is 0 Å². The zero-order chi connectivity index (χ0) is 16.7. The van der Waals surface area contributed by atoms with Crippen LogP contribution in [0.15, 0.2) is 54.6 Å². The quantitative estimate of drug-likeness (QED) is 0.852. The van der Waals surface area contributed by atoms with Gasteiger partial charge in [-0.05, 0) is 44.7 Å². The van der Waals surface area contributed by atoms with Crippen molar-refractivity contribution in [3.63, 3.8) is 0 Å². The topological polar surface area (TPSA) is 41.6 Å². The van der Waals surface area contributed by atoms with E-state index in [0.717, 1.165) is 17.0 Å². The van der Waals surface area contributed by atoms with Crippen LogP contribution in [-0.2, 0) is 4.79 Å². The fourth-order valence-corrected chi connectivity index (χ4v) is 2.17. The van der Waals surface area contributed by atoms with Crippen LogP contribution in [0.4, 0.5) is 5.69 Å². The summed E-state index contributed by atoms with van der Waals surface area (Å²) in [5, 5.41) is 2.98. The zero-order valence-electron chi connectivity index (χ0n) is 14.0. The number of nitrogens with one attached hydrogen (secondary N) is 1. The van der Waals surface area contributed by atoms with Gasteiger partial charge in [0, 0.05) is 12.2 Å². The average molecular weight is 312 g/mol. The summed E-state index contributed by atoms with van der Waals surface area (Å²) in [6, 6.07) is 17.2. The molecule has 0 aromatic heterocycles. The largest absolute Gasteiger partial charge is 0.492 e. The number of likely N-dealkylation sites (N-methyl/N-ethyl adjacent to an activating group) is 1. The lowest BCUT2D eigenvalue weighted by Gasteiger charge is -2.24. The summed E-state index contributed by atoms with van der Waals surface area (Å²) >= 11 is 0. The van der Waals surface area contributed by atoms with E-state index in [1.807, 2.05) is 80.4 Å². The van der Waals surface area contributed by atoms with Crippen molar-refractivity contribution in [1.82, 2.24) is 4.90 Å². The molecule has 0 aliphatic rings. The highest BCUT2D eigenvalue weighted by atomic mass is 16.5. The summed E-state index contributed by atoms with van der Waals surface area (Å²) in [6.45, 7) is 5.10. The molecule has 1 atom stereocenters. The van der Waals surface area contributed by atoms with Crippen molar-refractivity contribution in [2.45, 2.75) is 19.9 Å². The van der Waals surface area contributed by atoms with E-state index in [4.69, 9.17) is 4.74 Å². The van der Waals surface area contributed by atoms with E-state index >= 15 is 0 Å². The highest BCUT2D eigenvalue weighted by Crippen LogP contribution is 2.14. The van der Waals surface area contributed by atoms with Crippen LogP contribution < -0.4 is 10.1 Å². The number of nitrogens with zero attached hydrogens (tertiary/aromatic N) is 1. The first-order chi connectivity index (χ1) is 11.1.